The summed E-state index contributed by atoms with van der Waals surface area (Å²) in [7, 11) is 0. The lowest BCUT2D eigenvalue weighted by Crippen LogP contribution is -2.25. The topological polar surface area (TPSA) is 37.8 Å². The van der Waals surface area contributed by atoms with Crippen LogP contribution in [0.5, 0.6) is 0 Å². The zero-order valence-corrected chi connectivity index (χ0v) is 13.4. The van der Waals surface area contributed by atoms with E-state index in [1.807, 2.05) is 0 Å². The van der Waals surface area contributed by atoms with E-state index in [-0.39, 0.29) is 0 Å². The van der Waals surface area contributed by atoms with Gasteiger partial charge in [-0.05, 0) is 44.2 Å². The molecule has 0 spiro atoms. The maximum absolute atomic E-state index is 4.65. The van der Waals surface area contributed by atoms with Crippen molar-refractivity contribution in [1.82, 2.24) is 15.3 Å². The average molecular weight is 263 g/mol. The third kappa shape index (κ3) is 4.90. The van der Waals surface area contributed by atoms with Gasteiger partial charge in [-0.1, -0.05) is 27.7 Å². The zero-order chi connectivity index (χ0) is 14.4. The summed E-state index contributed by atoms with van der Waals surface area (Å²) < 4.78 is 0. The number of rotatable bonds is 7. The molecule has 0 amide bonds. The fourth-order valence-corrected chi connectivity index (χ4v) is 2.53. The quantitative estimate of drug-likeness (QED) is 0.819. The number of aromatic nitrogens is 2. The molecule has 1 atom stereocenters. The van der Waals surface area contributed by atoms with Crippen molar-refractivity contribution in [3.63, 3.8) is 0 Å². The summed E-state index contributed by atoms with van der Waals surface area (Å²) in [5, 5.41) is 3.52. The summed E-state index contributed by atoms with van der Waals surface area (Å²) in [6.07, 6.45) is 2.08. The molecule has 0 bridgehead atoms. The third-order valence-corrected chi connectivity index (χ3v) is 3.34. The van der Waals surface area contributed by atoms with Gasteiger partial charge in [0.05, 0.1) is 0 Å². The lowest BCUT2D eigenvalue weighted by molar-refractivity contribution is 0.525. The fraction of sp³-hybridized carbons (Fsp3) is 0.750. The maximum atomic E-state index is 4.65. The molecule has 19 heavy (non-hydrogen) atoms. The SMILES string of the molecule is CCCc1nc(C)c(C(C)CNCC(C)C)c(C)n1. The minimum atomic E-state index is 0.467. The van der Waals surface area contributed by atoms with Gasteiger partial charge in [-0.15, -0.1) is 0 Å². The second-order valence-corrected chi connectivity index (χ2v) is 5.93. The lowest BCUT2D eigenvalue weighted by atomic mass is 9.97. The molecule has 1 rings (SSSR count). The van der Waals surface area contributed by atoms with Gasteiger partial charge in [-0.2, -0.15) is 0 Å². The van der Waals surface area contributed by atoms with E-state index in [0.29, 0.717) is 11.8 Å². The van der Waals surface area contributed by atoms with Crippen LogP contribution in [-0.2, 0) is 6.42 Å². The van der Waals surface area contributed by atoms with Gasteiger partial charge >= 0.3 is 0 Å². The van der Waals surface area contributed by atoms with E-state index < -0.39 is 0 Å². The molecular formula is C16H29N3. The monoisotopic (exact) mass is 263 g/mol. The van der Waals surface area contributed by atoms with Crippen LogP contribution in [0.4, 0.5) is 0 Å². The Kier molecular flexibility index (Phi) is 6.43. The van der Waals surface area contributed by atoms with Crippen LogP contribution >= 0.6 is 0 Å². The molecule has 0 aliphatic rings. The van der Waals surface area contributed by atoms with Crippen molar-refractivity contribution >= 4 is 0 Å². The van der Waals surface area contributed by atoms with Gasteiger partial charge in [0.1, 0.15) is 5.82 Å². The Hall–Kier alpha value is -0.960. The summed E-state index contributed by atoms with van der Waals surface area (Å²) in [4.78, 5) is 9.30. The van der Waals surface area contributed by atoms with Crippen molar-refractivity contribution in [3.8, 4) is 0 Å². The van der Waals surface area contributed by atoms with Crippen LogP contribution in [0.15, 0.2) is 0 Å². The first-order valence-corrected chi connectivity index (χ1v) is 7.50. The first-order chi connectivity index (χ1) is 8.95. The van der Waals surface area contributed by atoms with Crippen molar-refractivity contribution in [1.29, 1.82) is 0 Å². The molecule has 0 aromatic carbocycles. The Bertz CT molecular complexity index is 376. The molecule has 0 radical (unpaired) electrons. The van der Waals surface area contributed by atoms with Crippen molar-refractivity contribution in [2.75, 3.05) is 13.1 Å². The first kappa shape index (κ1) is 16.1. The van der Waals surface area contributed by atoms with Crippen LogP contribution in [0.3, 0.4) is 0 Å². The molecule has 0 aliphatic heterocycles. The Morgan fingerprint density at radius 1 is 1.00 bits per heavy atom. The summed E-state index contributed by atoms with van der Waals surface area (Å²) in [5.41, 5.74) is 3.61. The van der Waals surface area contributed by atoms with Gasteiger partial charge in [-0.3, -0.25) is 0 Å². The first-order valence-electron chi connectivity index (χ1n) is 7.50. The highest BCUT2D eigenvalue weighted by molar-refractivity contribution is 5.28. The summed E-state index contributed by atoms with van der Waals surface area (Å²) in [5.74, 6) is 2.15. The summed E-state index contributed by atoms with van der Waals surface area (Å²) >= 11 is 0. The van der Waals surface area contributed by atoms with E-state index in [0.717, 1.165) is 43.1 Å². The predicted octanol–water partition coefficient (Wildman–Crippen LogP) is 3.40. The molecule has 0 saturated carbocycles. The average Bonchev–Trinajstić information content (AvgIpc) is 2.27. The molecule has 0 saturated heterocycles. The number of aryl methyl sites for hydroxylation is 3. The number of hydrogen-bond acceptors (Lipinski definition) is 3. The molecule has 108 valence electrons. The smallest absolute Gasteiger partial charge is 0.128 e. The second-order valence-electron chi connectivity index (χ2n) is 5.93. The Morgan fingerprint density at radius 2 is 1.58 bits per heavy atom. The van der Waals surface area contributed by atoms with Gasteiger partial charge in [0, 0.05) is 24.4 Å². The molecule has 0 fully saturated rings. The molecule has 1 unspecified atom stereocenters. The Labute approximate surface area is 118 Å². The van der Waals surface area contributed by atoms with E-state index in [4.69, 9.17) is 0 Å². The van der Waals surface area contributed by atoms with E-state index in [2.05, 4.69) is 56.8 Å². The lowest BCUT2D eigenvalue weighted by Gasteiger charge is -2.18. The Morgan fingerprint density at radius 3 is 2.05 bits per heavy atom. The van der Waals surface area contributed by atoms with Crippen molar-refractivity contribution in [2.24, 2.45) is 5.92 Å². The predicted molar refractivity (Wildman–Crippen MR) is 81.6 cm³/mol. The number of nitrogens with one attached hydrogen (secondary N) is 1. The highest BCUT2D eigenvalue weighted by Crippen LogP contribution is 2.21. The number of hydrogen-bond donors (Lipinski definition) is 1. The molecular weight excluding hydrogens is 234 g/mol. The van der Waals surface area contributed by atoms with Crippen molar-refractivity contribution in [3.05, 3.63) is 22.8 Å². The van der Waals surface area contributed by atoms with Crippen molar-refractivity contribution < 1.29 is 0 Å². The number of nitrogens with zero attached hydrogens (tertiary/aromatic N) is 2. The van der Waals surface area contributed by atoms with Gasteiger partial charge in [0.15, 0.2) is 0 Å². The van der Waals surface area contributed by atoms with E-state index >= 15 is 0 Å². The van der Waals surface area contributed by atoms with Crippen LogP contribution in [0, 0.1) is 19.8 Å². The van der Waals surface area contributed by atoms with Gasteiger partial charge in [0.2, 0.25) is 0 Å². The van der Waals surface area contributed by atoms with Crippen LogP contribution in [0.25, 0.3) is 0 Å². The van der Waals surface area contributed by atoms with Crippen LogP contribution in [0.2, 0.25) is 0 Å². The van der Waals surface area contributed by atoms with Crippen LogP contribution in [0.1, 0.15) is 62.8 Å². The van der Waals surface area contributed by atoms with Crippen molar-refractivity contribution in [2.45, 2.75) is 60.3 Å². The largest absolute Gasteiger partial charge is 0.316 e. The minimum absolute atomic E-state index is 0.467. The third-order valence-electron chi connectivity index (χ3n) is 3.34. The minimum Gasteiger partial charge on any atom is -0.316 e. The summed E-state index contributed by atoms with van der Waals surface area (Å²) in [6.45, 7) is 15.2. The zero-order valence-electron chi connectivity index (χ0n) is 13.4. The highest BCUT2D eigenvalue weighted by atomic mass is 14.9. The molecule has 1 aromatic heterocycles. The molecule has 1 heterocycles. The van der Waals surface area contributed by atoms with E-state index in [1.54, 1.807) is 0 Å². The van der Waals surface area contributed by atoms with Gasteiger partial charge < -0.3 is 5.32 Å². The van der Waals surface area contributed by atoms with E-state index in [1.165, 1.54) is 5.56 Å². The van der Waals surface area contributed by atoms with E-state index in [9.17, 15) is 0 Å². The van der Waals surface area contributed by atoms with Crippen LogP contribution < -0.4 is 5.32 Å². The van der Waals surface area contributed by atoms with Crippen LogP contribution in [-0.4, -0.2) is 23.1 Å². The van der Waals surface area contributed by atoms with Gasteiger partial charge in [0.25, 0.3) is 0 Å². The molecule has 1 N–H and O–H groups in total. The molecule has 1 aromatic rings. The standard InChI is InChI=1S/C16H29N3/c1-7-8-15-18-13(5)16(14(6)19-15)12(4)10-17-9-11(2)3/h11-12,17H,7-10H2,1-6H3. The van der Waals surface area contributed by atoms with Gasteiger partial charge in [-0.25, -0.2) is 9.97 Å². The normalized spacial score (nSPS) is 13.0. The Balaban J connectivity index is 2.76. The highest BCUT2D eigenvalue weighted by Gasteiger charge is 2.14. The molecule has 3 nitrogen and oxygen atoms in total. The fourth-order valence-electron chi connectivity index (χ4n) is 2.53. The maximum Gasteiger partial charge on any atom is 0.128 e. The molecule has 3 heteroatoms. The molecule has 0 aliphatic carbocycles. The second kappa shape index (κ2) is 7.59. The summed E-state index contributed by atoms with van der Waals surface area (Å²) in [6, 6.07) is 0.